The summed E-state index contributed by atoms with van der Waals surface area (Å²) in [5, 5.41) is 2.89. The summed E-state index contributed by atoms with van der Waals surface area (Å²) in [5.41, 5.74) is 6.46. The molecule has 1 aromatic heterocycles. The molecule has 2 aromatic rings. The van der Waals surface area contributed by atoms with Crippen LogP contribution >= 0.6 is 31.9 Å². The van der Waals surface area contributed by atoms with Gasteiger partial charge >= 0.3 is 0 Å². The topological polar surface area (TPSA) is 50.9 Å². The van der Waals surface area contributed by atoms with Crippen LogP contribution < -0.4 is 11.1 Å². The van der Waals surface area contributed by atoms with Crippen LogP contribution in [0.2, 0.25) is 0 Å². The van der Waals surface area contributed by atoms with E-state index in [-0.39, 0.29) is 5.82 Å². The smallest absolute Gasteiger partial charge is 0.147 e. The Bertz CT molecular complexity index is 511. The minimum Gasteiger partial charge on any atom is -0.397 e. The molecule has 0 atom stereocenters. The maximum atomic E-state index is 13.6. The average molecular weight is 361 g/mol. The summed E-state index contributed by atoms with van der Waals surface area (Å²) in [4.78, 5) is 4.08. The highest BCUT2D eigenvalue weighted by Gasteiger charge is 2.06. The van der Waals surface area contributed by atoms with Crippen molar-refractivity contribution in [3.63, 3.8) is 0 Å². The van der Waals surface area contributed by atoms with Crippen molar-refractivity contribution >= 4 is 49.1 Å². The summed E-state index contributed by atoms with van der Waals surface area (Å²) in [6, 6.07) is 6.46. The van der Waals surface area contributed by atoms with E-state index in [1.807, 2.05) is 0 Å². The third-order valence-electron chi connectivity index (χ3n) is 2.05. The molecule has 1 aromatic carbocycles. The number of benzene rings is 1. The van der Waals surface area contributed by atoms with Crippen LogP contribution in [0.3, 0.4) is 0 Å². The van der Waals surface area contributed by atoms with E-state index in [1.165, 1.54) is 12.3 Å². The predicted octanol–water partition coefficient (Wildman–Crippen LogP) is 4.07. The first kappa shape index (κ1) is 12.3. The zero-order valence-corrected chi connectivity index (χ0v) is 11.7. The zero-order chi connectivity index (χ0) is 12.4. The maximum Gasteiger partial charge on any atom is 0.147 e. The Morgan fingerprint density at radius 3 is 2.65 bits per heavy atom. The number of nitrogen functional groups attached to an aromatic ring is 1. The number of aromatic nitrogens is 1. The van der Waals surface area contributed by atoms with Crippen molar-refractivity contribution in [1.29, 1.82) is 0 Å². The van der Waals surface area contributed by atoms with E-state index in [4.69, 9.17) is 5.73 Å². The Morgan fingerprint density at radius 2 is 2.00 bits per heavy atom. The number of nitrogens with one attached hydrogen (secondary N) is 1. The van der Waals surface area contributed by atoms with Gasteiger partial charge in [0, 0.05) is 4.47 Å². The van der Waals surface area contributed by atoms with Gasteiger partial charge < -0.3 is 11.1 Å². The highest BCUT2D eigenvalue weighted by atomic mass is 79.9. The first-order valence-electron chi connectivity index (χ1n) is 4.69. The largest absolute Gasteiger partial charge is 0.397 e. The normalized spacial score (nSPS) is 10.3. The lowest BCUT2D eigenvalue weighted by Gasteiger charge is -2.09. The monoisotopic (exact) mass is 359 g/mol. The molecule has 0 spiro atoms. The Kier molecular flexibility index (Phi) is 3.63. The summed E-state index contributed by atoms with van der Waals surface area (Å²) in [5.74, 6) is 0.158. The average Bonchev–Trinajstić information content (AvgIpc) is 2.25. The van der Waals surface area contributed by atoms with E-state index in [0.29, 0.717) is 26.1 Å². The van der Waals surface area contributed by atoms with Crippen molar-refractivity contribution in [2.75, 3.05) is 11.1 Å². The lowest BCUT2D eigenvalue weighted by atomic mass is 10.3. The minimum absolute atomic E-state index is 0.353. The number of nitrogens with zero attached hydrogens (tertiary/aromatic N) is 1. The molecule has 0 amide bonds. The lowest BCUT2D eigenvalue weighted by Crippen LogP contribution is -1.98. The van der Waals surface area contributed by atoms with Crippen LogP contribution in [0.15, 0.2) is 39.4 Å². The first-order chi connectivity index (χ1) is 8.06. The van der Waals surface area contributed by atoms with Crippen LogP contribution in [-0.4, -0.2) is 4.98 Å². The van der Waals surface area contributed by atoms with E-state index in [9.17, 15) is 4.39 Å². The van der Waals surface area contributed by atoms with Crippen molar-refractivity contribution < 1.29 is 4.39 Å². The van der Waals surface area contributed by atoms with E-state index >= 15 is 0 Å². The van der Waals surface area contributed by atoms with E-state index in [0.717, 1.165) is 0 Å². The summed E-state index contributed by atoms with van der Waals surface area (Å²) in [6.07, 6.45) is 1.50. The fraction of sp³-hybridized carbons (Fsp3) is 0. The van der Waals surface area contributed by atoms with Gasteiger partial charge in [-0.2, -0.15) is 0 Å². The molecule has 0 saturated carbocycles. The van der Waals surface area contributed by atoms with E-state index in [2.05, 4.69) is 42.2 Å². The van der Waals surface area contributed by atoms with Gasteiger partial charge in [-0.25, -0.2) is 9.37 Å². The molecule has 0 aliphatic heterocycles. The molecule has 1 heterocycles. The van der Waals surface area contributed by atoms with E-state index in [1.54, 1.807) is 18.2 Å². The number of hydrogen-bond acceptors (Lipinski definition) is 3. The van der Waals surface area contributed by atoms with Crippen molar-refractivity contribution in [1.82, 2.24) is 4.98 Å². The van der Waals surface area contributed by atoms with Gasteiger partial charge in [0.15, 0.2) is 0 Å². The number of pyridine rings is 1. The quantitative estimate of drug-likeness (QED) is 0.848. The molecule has 2 rings (SSSR count). The highest BCUT2D eigenvalue weighted by Crippen LogP contribution is 2.27. The van der Waals surface area contributed by atoms with Crippen LogP contribution in [0, 0.1) is 5.82 Å². The number of hydrogen-bond donors (Lipinski definition) is 2. The van der Waals surface area contributed by atoms with Gasteiger partial charge in [-0.1, -0.05) is 15.9 Å². The number of halogens is 3. The Morgan fingerprint density at radius 1 is 1.24 bits per heavy atom. The summed E-state index contributed by atoms with van der Waals surface area (Å²) < 4.78 is 15.0. The van der Waals surface area contributed by atoms with Crippen molar-refractivity contribution in [3.05, 3.63) is 45.2 Å². The summed E-state index contributed by atoms with van der Waals surface area (Å²) in [7, 11) is 0. The van der Waals surface area contributed by atoms with Crippen LogP contribution in [0.25, 0.3) is 0 Å². The Balaban J connectivity index is 2.31. The molecule has 17 heavy (non-hydrogen) atoms. The van der Waals surface area contributed by atoms with Gasteiger partial charge in [-0.15, -0.1) is 0 Å². The Labute approximate surface area is 114 Å². The SMILES string of the molecule is Nc1cnc(Nc2ccc(Br)cc2F)c(Br)c1. The molecule has 0 radical (unpaired) electrons. The van der Waals surface area contributed by atoms with Crippen LogP contribution in [0.4, 0.5) is 21.6 Å². The minimum atomic E-state index is -0.357. The standard InChI is InChI=1S/C11H8Br2FN3/c12-6-1-2-10(9(14)3-6)17-11-8(13)4-7(15)5-16-11/h1-5H,15H2,(H,16,17). The summed E-state index contributed by atoms with van der Waals surface area (Å²) in [6.45, 7) is 0. The molecule has 0 aliphatic carbocycles. The van der Waals surface area contributed by atoms with Gasteiger partial charge in [-0.3, -0.25) is 0 Å². The molecule has 0 fully saturated rings. The third-order valence-corrected chi connectivity index (χ3v) is 3.14. The van der Waals surface area contributed by atoms with Gasteiger partial charge in [0.1, 0.15) is 11.6 Å². The van der Waals surface area contributed by atoms with Crippen molar-refractivity contribution in [2.45, 2.75) is 0 Å². The molecule has 0 aliphatic rings. The van der Waals surface area contributed by atoms with Crippen LogP contribution in [0.5, 0.6) is 0 Å². The molecule has 0 bridgehead atoms. The first-order valence-corrected chi connectivity index (χ1v) is 6.28. The number of anilines is 3. The molecule has 6 heteroatoms. The fourth-order valence-electron chi connectivity index (χ4n) is 1.26. The maximum absolute atomic E-state index is 13.6. The van der Waals surface area contributed by atoms with E-state index < -0.39 is 0 Å². The second-order valence-corrected chi connectivity index (χ2v) is 5.12. The van der Waals surface area contributed by atoms with Gasteiger partial charge in [0.2, 0.25) is 0 Å². The number of nitrogens with two attached hydrogens (primary N) is 1. The molecular formula is C11H8Br2FN3. The molecule has 0 unspecified atom stereocenters. The molecule has 0 saturated heterocycles. The fourth-order valence-corrected chi connectivity index (χ4v) is 2.06. The van der Waals surface area contributed by atoms with Crippen molar-refractivity contribution in [2.24, 2.45) is 0 Å². The third kappa shape index (κ3) is 2.95. The highest BCUT2D eigenvalue weighted by molar-refractivity contribution is 9.10. The van der Waals surface area contributed by atoms with Crippen LogP contribution in [0.1, 0.15) is 0 Å². The second kappa shape index (κ2) is 5.01. The molecule has 3 nitrogen and oxygen atoms in total. The molecular weight excluding hydrogens is 353 g/mol. The second-order valence-electron chi connectivity index (χ2n) is 3.35. The molecule has 3 N–H and O–H groups in total. The lowest BCUT2D eigenvalue weighted by molar-refractivity contribution is 0.631. The zero-order valence-electron chi connectivity index (χ0n) is 8.55. The van der Waals surface area contributed by atoms with Gasteiger partial charge in [0.05, 0.1) is 22.0 Å². The number of rotatable bonds is 2. The molecule has 88 valence electrons. The summed E-state index contributed by atoms with van der Waals surface area (Å²) >= 11 is 6.50. The predicted molar refractivity (Wildman–Crippen MR) is 73.7 cm³/mol. The Hall–Kier alpha value is -1.14. The van der Waals surface area contributed by atoms with Crippen LogP contribution in [-0.2, 0) is 0 Å². The van der Waals surface area contributed by atoms with Crippen molar-refractivity contribution in [3.8, 4) is 0 Å². The van der Waals surface area contributed by atoms with Gasteiger partial charge in [0.25, 0.3) is 0 Å². The van der Waals surface area contributed by atoms with Gasteiger partial charge in [-0.05, 0) is 40.2 Å².